The third kappa shape index (κ3) is 5.58. The van der Waals surface area contributed by atoms with Gasteiger partial charge in [0.1, 0.15) is 5.82 Å². The molecule has 198 valence electrons. The molecule has 0 spiro atoms. The van der Waals surface area contributed by atoms with Crippen LogP contribution in [0.2, 0.25) is 0 Å². The number of hydrogen-bond acceptors (Lipinski definition) is 7. The SMILES string of the molecule is O=C(COc1c(C=Nn2c(-c3ccccc3)nc3ccccc3c2=O)cccc1[N+](=O)[O-])Nc1ccc(F)cc1. The maximum Gasteiger partial charge on any atom is 0.311 e. The molecular formula is C29H20FN5O5. The van der Waals surface area contributed by atoms with E-state index in [0.717, 1.165) is 4.68 Å². The summed E-state index contributed by atoms with van der Waals surface area (Å²) in [6.45, 7) is -0.574. The van der Waals surface area contributed by atoms with Crippen LogP contribution >= 0.6 is 0 Å². The number of anilines is 1. The first-order chi connectivity index (χ1) is 19.4. The highest BCUT2D eigenvalue weighted by atomic mass is 19.1. The van der Waals surface area contributed by atoms with Gasteiger partial charge in [0.15, 0.2) is 12.4 Å². The van der Waals surface area contributed by atoms with Crippen LogP contribution in [0.3, 0.4) is 0 Å². The Bertz CT molecular complexity index is 1800. The van der Waals surface area contributed by atoms with Crippen LogP contribution in [0.4, 0.5) is 15.8 Å². The summed E-state index contributed by atoms with van der Waals surface area (Å²) < 4.78 is 19.8. The number of fused-ring (bicyclic) bond motifs is 1. The summed E-state index contributed by atoms with van der Waals surface area (Å²) in [6.07, 6.45) is 1.24. The molecule has 1 aromatic heterocycles. The Balaban J connectivity index is 1.51. The van der Waals surface area contributed by atoms with Gasteiger partial charge in [-0.05, 0) is 42.5 Å². The molecule has 0 saturated carbocycles. The topological polar surface area (TPSA) is 129 Å². The number of amides is 1. The van der Waals surface area contributed by atoms with E-state index < -0.39 is 34.5 Å². The number of nitro groups is 1. The number of para-hydroxylation sites is 2. The van der Waals surface area contributed by atoms with E-state index in [1.807, 2.05) is 6.07 Å². The molecule has 1 heterocycles. The van der Waals surface area contributed by atoms with Crippen molar-refractivity contribution < 1.29 is 18.8 Å². The summed E-state index contributed by atoms with van der Waals surface area (Å²) in [5, 5.41) is 18.9. The number of aromatic nitrogens is 2. The Hall–Kier alpha value is -5.71. The second kappa shape index (κ2) is 11.4. The molecule has 0 radical (unpaired) electrons. The third-order valence-electron chi connectivity index (χ3n) is 5.80. The highest BCUT2D eigenvalue weighted by Crippen LogP contribution is 2.30. The van der Waals surface area contributed by atoms with Gasteiger partial charge in [-0.15, -0.1) is 0 Å². The van der Waals surface area contributed by atoms with Gasteiger partial charge < -0.3 is 10.1 Å². The Morgan fingerprint density at radius 3 is 2.48 bits per heavy atom. The van der Waals surface area contributed by atoms with E-state index in [2.05, 4.69) is 15.4 Å². The van der Waals surface area contributed by atoms with E-state index in [0.29, 0.717) is 22.2 Å². The molecule has 0 saturated heterocycles. The molecule has 10 nitrogen and oxygen atoms in total. The predicted molar refractivity (Wildman–Crippen MR) is 148 cm³/mol. The first kappa shape index (κ1) is 25.9. The number of nitrogens with zero attached hydrogens (tertiary/aromatic N) is 4. The minimum absolute atomic E-state index is 0.155. The number of carbonyl (C=O) groups excluding carboxylic acids is 1. The number of nitro benzene ring substituents is 1. The van der Waals surface area contributed by atoms with Gasteiger partial charge in [0.05, 0.1) is 22.0 Å². The number of carbonyl (C=O) groups is 1. The average molecular weight is 538 g/mol. The zero-order chi connectivity index (χ0) is 28.1. The van der Waals surface area contributed by atoms with Crippen molar-refractivity contribution in [3.05, 3.63) is 129 Å². The Kier molecular flexibility index (Phi) is 7.36. The van der Waals surface area contributed by atoms with E-state index in [1.54, 1.807) is 48.5 Å². The maximum absolute atomic E-state index is 13.4. The van der Waals surface area contributed by atoms with Crippen molar-refractivity contribution in [3.8, 4) is 17.1 Å². The summed E-state index contributed by atoms with van der Waals surface area (Å²) in [4.78, 5) is 41.5. The first-order valence-corrected chi connectivity index (χ1v) is 12.0. The molecule has 0 aliphatic carbocycles. The van der Waals surface area contributed by atoms with E-state index in [-0.39, 0.29) is 17.1 Å². The lowest BCUT2D eigenvalue weighted by molar-refractivity contribution is -0.385. The molecular weight excluding hydrogens is 517 g/mol. The standard InChI is InChI=1S/C29H20FN5O5/c30-21-13-15-22(16-14-21)32-26(36)18-40-27-20(9-6-12-25(27)35(38)39)17-31-34-28(19-7-2-1-3-8-19)33-24-11-5-4-10-23(24)29(34)37/h1-17H,18H2,(H,32,36). The average Bonchev–Trinajstić information content (AvgIpc) is 2.97. The van der Waals surface area contributed by atoms with Crippen LogP contribution in [-0.4, -0.2) is 33.3 Å². The highest BCUT2D eigenvalue weighted by molar-refractivity contribution is 5.92. The summed E-state index contributed by atoms with van der Waals surface area (Å²) >= 11 is 0. The van der Waals surface area contributed by atoms with Crippen molar-refractivity contribution >= 4 is 34.4 Å². The van der Waals surface area contributed by atoms with Gasteiger partial charge in [0, 0.05) is 22.9 Å². The monoisotopic (exact) mass is 537 g/mol. The summed E-state index contributed by atoms with van der Waals surface area (Å²) in [6, 6.07) is 25.1. The normalized spacial score (nSPS) is 11.0. The third-order valence-corrected chi connectivity index (χ3v) is 5.80. The Morgan fingerprint density at radius 2 is 1.73 bits per heavy atom. The van der Waals surface area contributed by atoms with Gasteiger partial charge in [-0.2, -0.15) is 9.78 Å². The van der Waals surface area contributed by atoms with E-state index in [1.165, 1.54) is 48.7 Å². The zero-order valence-electron chi connectivity index (χ0n) is 20.7. The van der Waals surface area contributed by atoms with Crippen molar-refractivity contribution in [1.29, 1.82) is 0 Å². The molecule has 0 aliphatic rings. The van der Waals surface area contributed by atoms with Crippen molar-refractivity contribution in [2.24, 2.45) is 5.10 Å². The van der Waals surface area contributed by atoms with Crippen molar-refractivity contribution in [1.82, 2.24) is 9.66 Å². The highest BCUT2D eigenvalue weighted by Gasteiger charge is 2.20. The first-order valence-electron chi connectivity index (χ1n) is 12.0. The van der Waals surface area contributed by atoms with E-state index in [4.69, 9.17) is 4.74 Å². The summed E-state index contributed by atoms with van der Waals surface area (Å²) in [7, 11) is 0. The number of benzene rings is 4. The van der Waals surface area contributed by atoms with Crippen molar-refractivity contribution in [2.45, 2.75) is 0 Å². The number of nitrogens with one attached hydrogen (secondary N) is 1. The molecule has 0 atom stereocenters. The number of rotatable bonds is 8. The quantitative estimate of drug-likeness (QED) is 0.168. The lowest BCUT2D eigenvalue weighted by Crippen LogP contribution is -2.21. The Labute approximate surface area is 226 Å². The molecule has 0 bridgehead atoms. The minimum atomic E-state index is -0.649. The zero-order valence-corrected chi connectivity index (χ0v) is 20.7. The second-order valence-electron chi connectivity index (χ2n) is 8.48. The predicted octanol–water partition coefficient (Wildman–Crippen LogP) is 5.01. The van der Waals surface area contributed by atoms with Gasteiger partial charge in [0.2, 0.25) is 5.75 Å². The van der Waals surface area contributed by atoms with Crippen LogP contribution in [0, 0.1) is 15.9 Å². The van der Waals surface area contributed by atoms with Gasteiger partial charge in [-0.25, -0.2) is 9.37 Å². The lowest BCUT2D eigenvalue weighted by atomic mass is 10.2. The maximum atomic E-state index is 13.4. The second-order valence-corrected chi connectivity index (χ2v) is 8.48. The molecule has 5 aromatic rings. The molecule has 40 heavy (non-hydrogen) atoms. The van der Waals surface area contributed by atoms with Gasteiger partial charge in [0.25, 0.3) is 11.5 Å². The fraction of sp³-hybridized carbons (Fsp3) is 0.0345. The van der Waals surface area contributed by atoms with Crippen molar-refractivity contribution in [3.63, 3.8) is 0 Å². The van der Waals surface area contributed by atoms with Crippen LogP contribution in [0.1, 0.15) is 5.56 Å². The summed E-state index contributed by atoms with van der Waals surface area (Å²) in [5.41, 5.74) is 0.775. The molecule has 0 aliphatic heterocycles. The molecule has 0 unspecified atom stereocenters. The molecule has 5 rings (SSSR count). The van der Waals surface area contributed by atoms with Gasteiger partial charge in [-0.3, -0.25) is 19.7 Å². The van der Waals surface area contributed by atoms with Crippen LogP contribution in [0.25, 0.3) is 22.3 Å². The summed E-state index contributed by atoms with van der Waals surface area (Å²) in [5.74, 6) is -1.02. The molecule has 1 N–H and O–H groups in total. The van der Waals surface area contributed by atoms with Gasteiger partial charge >= 0.3 is 5.69 Å². The van der Waals surface area contributed by atoms with Crippen LogP contribution in [-0.2, 0) is 4.79 Å². The molecule has 0 fully saturated rings. The van der Waals surface area contributed by atoms with Crippen LogP contribution < -0.4 is 15.6 Å². The van der Waals surface area contributed by atoms with E-state index in [9.17, 15) is 24.1 Å². The minimum Gasteiger partial charge on any atom is -0.476 e. The fourth-order valence-electron chi connectivity index (χ4n) is 3.94. The lowest BCUT2D eigenvalue weighted by Gasteiger charge is -2.11. The number of hydrogen-bond donors (Lipinski definition) is 1. The fourth-order valence-corrected chi connectivity index (χ4v) is 3.94. The number of ether oxygens (including phenoxy) is 1. The molecule has 4 aromatic carbocycles. The Morgan fingerprint density at radius 1 is 1.00 bits per heavy atom. The molecule has 11 heteroatoms. The van der Waals surface area contributed by atoms with Crippen molar-refractivity contribution in [2.75, 3.05) is 11.9 Å². The van der Waals surface area contributed by atoms with Crippen LogP contribution in [0.15, 0.2) is 107 Å². The largest absolute Gasteiger partial charge is 0.476 e. The van der Waals surface area contributed by atoms with Gasteiger partial charge in [-0.1, -0.05) is 48.5 Å². The van der Waals surface area contributed by atoms with E-state index >= 15 is 0 Å². The van der Waals surface area contributed by atoms with Crippen LogP contribution in [0.5, 0.6) is 5.75 Å². The smallest absolute Gasteiger partial charge is 0.311 e. The molecule has 1 amide bonds. The number of halogens is 1.